The highest BCUT2D eigenvalue weighted by Gasteiger charge is 2.50. The van der Waals surface area contributed by atoms with E-state index in [1.807, 2.05) is 17.0 Å². The van der Waals surface area contributed by atoms with Gasteiger partial charge in [-0.3, -0.25) is 0 Å². The molecule has 1 aliphatic heterocycles. The molecule has 5 fully saturated rings. The summed E-state index contributed by atoms with van der Waals surface area (Å²) in [6.07, 6.45) is 8.32. The van der Waals surface area contributed by atoms with Gasteiger partial charge in [-0.15, -0.1) is 0 Å². The van der Waals surface area contributed by atoms with E-state index in [0.717, 1.165) is 56.2 Å². The van der Waals surface area contributed by atoms with Crippen molar-refractivity contribution in [1.82, 2.24) is 10.2 Å². The van der Waals surface area contributed by atoms with Crippen molar-refractivity contribution in [3.8, 4) is 0 Å². The van der Waals surface area contributed by atoms with E-state index < -0.39 is 0 Å². The zero-order chi connectivity index (χ0) is 18.4. The second kappa shape index (κ2) is 6.68. The molecule has 0 atom stereocenters. The zero-order valence-corrected chi connectivity index (χ0v) is 16.0. The number of carbonyl (C=O) groups is 1. The van der Waals surface area contributed by atoms with Crippen molar-refractivity contribution in [2.75, 3.05) is 37.6 Å². The Morgan fingerprint density at radius 1 is 0.963 bits per heavy atom. The van der Waals surface area contributed by atoms with Gasteiger partial charge in [0.25, 0.3) is 0 Å². The number of rotatable bonds is 3. The molecule has 1 heterocycles. The fraction of sp³-hybridized carbons (Fsp3) is 0.682. The number of hydrogen-bond acceptors (Lipinski definition) is 2. The van der Waals surface area contributed by atoms with Gasteiger partial charge in [-0.25, -0.2) is 9.18 Å². The summed E-state index contributed by atoms with van der Waals surface area (Å²) in [5, 5.41) is 3.29. The molecule has 6 rings (SSSR count). The van der Waals surface area contributed by atoms with Gasteiger partial charge < -0.3 is 15.1 Å². The smallest absolute Gasteiger partial charge is 0.317 e. The second-order valence-corrected chi connectivity index (χ2v) is 9.53. The number of nitrogens with one attached hydrogen (secondary N) is 1. The Bertz CT molecular complexity index is 661. The Labute approximate surface area is 161 Å². The fourth-order valence-electron chi connectivity index (χ4n) is 6.70. The number of hydrogen-bond donors (Lipinski definition) is 1. The van der Waals surface area contributed by atoms with Crippen LogP contribution in [0.2, 0.25) is 0 Å². The van der Waals surface area contributed by atoms with Crippen LogP contribution in [0.1, 0.15) is 38.5 Å². The first-order valence-electron chi connectivity index (χ1n) is 10.6. The summed E-state index contributed by atoms with van der Waals surface area (Å²) in [5.41, 5.74) is 1.42. The van der Waals surface area contributed by atoms with E-state index >= 15 is 0 Å². The van der Waals surface area contributed by atoms with Crippen LogP contribution in [0.25, 0.3) is 0 Å². The number of urea groups is 1. The Morgan fingerprint density at radius 2 is 1.52 bits per heavy atom. The van der Waals surface area contributed by atoms with Crippen LogP contribution in [0, 0.1) is 29.0 Å². The number of nitrogens with zero attached hydrogens (tertiary/aromatic N) is 2. The molecular weight excluding hydrogens is 341 g/mol. The predicted molar refractivity (Wildman–Crippen MR) is 104 cm³/mol. The van der Waals surface area contributed by atoms with E-state index in [4.69, 9.17) is 0 Å². The molecule has 4 bridgehead atoms. The van der Waals surface area contributed by atoms with E-state index in [1.54, 1.807) is 0 Å². The number of carbonyl (C=O) groups excluding carboxylic acids is 1. The number of anilines is 1. The van der Waals surface area contributed by atoms with Crippen molar-refractivity contribution in [3.63, 3.8) is 0 Å². The quantitative estimate of drug-likeness (QED) is 0.875. The van der Waals surface area contributed by atoms with Crippen LogP contribution >= 0.6 is 0 Å². The van der Waals surface area contributed by atoms with E-state index in [-0.39, 0.29) is 11.8 Å². The lowest BCUT2D eigenvalue weighted by molar-refractivity contribution is -0.0502. The summed E-state index contributed by atoms with van der Waals surface area (Å²) < 4.78 is 13.1. The number of piperazine rings is 1. The van der Waals surface area contributed by atoms with E-state index in [2.05, 4.69) is 10.2 Å². The molecule has 4 nitrogen and oxygen atoms in total. The predicted octanol–water partition coefficient (Wildman–Crippen LogP) is 3.87. The molecule has 1 aromatic rings. The Kier molecular flexibility index (Phi) is 4.29. The molecular formula is C22H30FN3O. The lowest BCUT2D eigenvalue weighted by Gasteiger charge is -2.57. The summed E-state index contributed by atoms with van der Waals surface area (Å²) in [6, 6.07) is 6.74. The van der Waals surface area contributed by atoms with Gasteiger partial charge in [0.05, 0.1) is 0 Å². The SMILES string of the molecule is O=C(NCC12CC3CC(CC(C3)C1)C2)N1CCN(c2ccc(F)cc2)CC1. The van der Waals surface area contributed by atoms with Gasteiger partial charge in [-0.1, -0.05) is 0 Å². The molecule has 0 radical (unpaired) electrons. The summed E-state index contributed by atoms with van der Waals surface area (Å²) in [5.74, 6) is 2.56. The van der Waals surface area contributed by atoms with Crippen LogP contribution < -0.4 is 10.2 Å². The van der Waals surface area contributed by atoms with E-state index in [9.17, 15) is 9.18 Å². The topological polar surface area (TPSA) is 35.6 Å². The average Bonchev–Trinajstić information content (AvgIpc) is 2.66. The maximum atomic E-state index is 13.1. The van der Waals surface area contributed by atoms with Crippen LogP contribution in [0.4, 0.5) is 14.9 Å². The van der Waals surface area contributed by atoms with Crippen molar-refractivity contribution in [3.05, 3.63) is 30.1 Å². The summed E-state index contributed by atoms with van der Waals surface area (Å²) in [4.78, 5) is 16.9. The fourth-order valence-corrected chi connectivity index (χ4v) is 6.70. The minimum atomic E-state index is -0.207. The molecule has 146 valence electrons. The highest BCUT2D eigenvalue weighted by atomic mass is 19.1. The Morgan fingerprint density at radius 3 is 2.07 bits per heavy atom. The lowest BCUT2D eigenvalue weighted by atomic mass is 9.49. The standard InChI is InChI=1S/C22H30FN3O/c23-19-1-3-20(4-2-19)25-5-7-26(8-6-25)21(27)24-15-22-12-16-9-17(13-22)11-18(10-16)14-22/h1-4,16-18H,5-15H2,(H,24,27). The van der Waals surface area contributed by atoms with Gasteiger partial charge in [0, 0.05) is 38.4 Å². The third-order valence-corrected chi connectivity index (χ3v) is 7.54. The molecule has 0 aromatic heterocycles. The van der Waals surface area contributed by atoms with Crippen LogP contribution in [0.3, 0.4) is 0 Å². The summed E-state index contributed by atoms with van der Waals surface area (Å²) in [7, 11) is 0. The van der Waals surface area contributed by atoms with Crippen molar-refractivity contribution >= 4 is 11.7 Å². The van der Waals surface area contributed by atoms with Crippen LogP contribution in [0.5, 0.6) is 0 Å². The molecule has 1 saturated heterocycles. The summed E-state index contributed by atoms with van der Waals surface area (Å²) in [6.45, 7) is 3.93. The monoisotopic (exact) mass is 371 g/mol. The van der Waals surface area contributed by atoms with Gasteiger partial charge in [0.2, 0.25) is 0 Å². The third kappa shape index (κ3) is 3.41. The normalized spacial score (nSPS) is 34.8. The molecule has 0 unspecified atom stereocenters. The number of halogens is 1. The molecule has 4 aliphatic carbocycles. The first kappa shape index (κ1) is 17.3. The van der Waals surface area contributed by atoms with E-state index in [1.165, 1.54) is 50.7 Å². The maximum absolute atomic E-state index is 13.1. The molecule has 1 aromatic carbocycles. The maximum Gasteiger partial charge on any atom is 0.317 e. The van der Waals surface area contributed by atoms with E-state index in [0.29, 0.717) is 5.41 Å². The third-order valence-electron chi connectivity index (χ3n) is 7.54. The van der Waals surface area contributed by atoms with Crippen molar-refractivity contribution < 1.29 is 9.18 Å². The minimum Gasteiger partial charge on any atom is -0.368 e. The molecule has 5 aliphatic rings. The second-order valence-electron chi connectivity index (χ2n) is 9.53. The highest BCUT2D eigenvalue weighted by molar-refractivity contribution is 5.74. The molecule has 4 saturated carbocycles. The van der Waals surface area contributed by atoms with Crippen molar-refractivity contribution in [2.45, 2.75) is 38.5 Å². The zero-order valence-electron chi connectivity index (χ0n) is 16.0. The van der Waals surface area contributed by atoms with Gasteiger partial charge in [-0.2, -0.15) is 0 Å². The Hall–Kier alpha value is -1.78. The first-order valence-corrected chi connectivity index (χ1v) is 10.6. The molecule has 1 N–H and O–H groups in total. The highest BCUT2D eigenvalue weighted by Crippen LogP contribution is 2.59. The largest absolute Gasteiger partial charge is 0.368 e. The van der Waals surface area contributed by atoms with Gasteiger partial charge in [0.1, 0.15) is 5.82 Å². The van der Waals surface area contributed by atoms with Crippen LogP contribution in [0.15, 0.2) is 24.3 Å². The first-order chi connectivity index (χ1) is 13.1. The summed E-state index contributed by atoms with van der Waals surface area (Å²) >= 11 is 0. The van der Waals surface area contributed by atoms with Gasteiger partial charge in [0.15, 0.2) is 0 Å². The molecule has 2 amide bonds. The van der Waals surface area contributed by atoms with Crippen LogP contribution in [-0.2, 0) is 0 Å². The molecule has 0 spiro atoms. The molecule has 5 heteroatoms. The van der Waals surface area contributed by atoms with Gasteiger partial charge in [-0.05, 0) is 86.0 Å². The Balaban J connectivity index is 1.13. The lowest BCUT2D eigenvalue weighted by Crippen LogP contribution is -2.55. The van der Waals surface area contributed by atoms with Crippen LogP contribution in [-0.4, -0.2) is 43.7 Å². The van der Waals surface area contributed by atoms with Gasteiger partial charge >= 0.3 is 6.03 Å². The number of amides is 2. The van der Waals surface area contributed by atoms with Crippen molar-refractivity contribution in [1.29, 1.82) is 0 Å². The average molecular weight is 372 g/mol. The molecule has 27 heavy (non-hydrogen) atoms. The number of benzene rings is 1. The van der Waals surface area contributed by atoms with Crippen molar-refractivity contribution in [2.24, 2.45) is 23.2 Å². The minimum absolute atomic E-state index is 0.101.